The maximum absolute atomic E-state index is 15.7. The highest BCUT2D eigenvalue weighted by Gasteiger charge is 2.46. The van der Waals surface area contributed by atoms with Crippen LogP contribution in [0.3, 0.4) is 0 Å². The molecule has 3 aliphatic heterocycles. The number of methoxy groups -OCH3 is 1. The van der Waals surface area contributed by atoms with Crippen LogP contribution in [0.4, 0.5) is 13.2 Å². The molecule has 0 aliphatic carbocycles. The first-order chi connectivity index (χ1) is 64.0. The van der Waals surface area contributed by atoms with E-state index in [1.807, 2.05) is 0 Å². The zero-order chi connectivity index (χ0) is 97.6. The number of carbonyl (C=O) groups is 17. The van der Waals surface area contributed by atoms with Crippen molar-refractivity contribution in [2.24, 2.45) is 11.7 Å². The Balaban J connectivity index is 1.14. The summed E-state index contributed by atoms with van der Waals surface area (Å²) >= 11 is 0.646. The number of aromatic amines is 1. The summed E-state index contributed by atoms with van der Waals surface area (Å²) < 4.78 is 61.3. The number of benzene rings is 5. The number of morpholine rings is 1. The number of fused-ring (bicyclic) bond motifs is 3. The number of carboxylic acid groups (broad SMARTS) is 1. The summed E-state index contributed by atoms with van der Waals surface area (Å²) in [7, 11) is 4.97. The molecule has 3 fully saturated rings. The van der Waals surface area contributed by atoms with Gasteiger partial charge in [0.2, 0.25) is 88.6 Å². The summed E-state index contributed by atoms with van der Waals surface area (Å²) in [4.78, 5) is 258. The summed E-state index contributed by atoms with van der Waals surface area (Å²) in [6.07, 6.45) is -1.42. The van der Waals surface area contributed by atoms with Crippen LogP contribution in [-0.2, 0) is 128 Å². The van der Waals surface area contributed by atoms with Gasteiger partial charge in [0.15, 0.2) is 17.5 Å². The average Bonchev–Trinajstić information content (AvgIpc) is 1.13. The Morgan fingerprint density at radius 1 is 0.582 bits per heavy atom. The second kappa shape index (κ2) is 50.4. The lowest BCUT2D eigenvalue weighted by Crippen LogP contribution is -2.64. The molecule has 6 aromatic rings. The van der Waals surface area contributed by atoms with Crippen molar-refractivity contribution in [3.63, 3.8) is 0 Å². The number of likely N-dealkylation sites (N-methyl/N-ethyl adjacent to an activating group) is 3. The van der Waals surface area contributed by atoms with E-state index in [1.165, 1.54) is 66.4 Å². The molecule has 14 N–H and O–H groups in total. The molecule has 0 radical (unpaired) electrons. The number of aliphatic carboxylic acids is 1. The van der Waals surface area contributed by atoms with Gasteiger partial charge in [-0.25, -0.2) is 13.2 Å². The number of H-pyrrole nitrogens is 1. The number of amides is 15. The number of thioether (sulfide) groups is 1. The first kappa shape index (κ1) is 104. The average molecular weight is 1890 g/mol. The number of nitrogens with one attached hydrogen (secondary N) is 10. The zero-order valence-electron chi connectivity index (χ0n) is 75.3. The predicted molar refractivity (Wildman–Crippen MR) is 480 cm³/mol. The molecule has 4 heterocycles. The SMILES string of the molecule is CCCC[C@H]1C(=O)N2CCOC[C@@H]2C(=O)N[C@@H](COC=O)C(=O)N[C@@H](C(C)C)C(=O)N(C)[C@@H](Cc2ccccc2)C(=O)N[C@@H](CCC(=O)O)C(=O)N2CCC[C@@H]2C(=O)N[C@@H](Cc2c[nH]c3ccccc23)C(=O)N[C@@H](Cc2ccc(O)cc2)C(=O)N[C@@H](CCOC)C(=O)N[C@H](C(=O)NCC(N)=O)CSCC(=O)N[C@@H](Cc2cc(F)c(F)c(F)c2)C(=O)N(C)[C@@H](Cc2ccccc2)C(=O)N1C. The van der Waals surface area contributed by atoms with E-state index in [-0.39, 0.29) is 102 Å². The highest BCUT2D eigenvalue weighted by atomic mass is 32.2. The fraction of sp³-hybridized carbons (Fsp3) is 0.467. The molecular formula is C92H115F3N16O22S. The Labute approximate surface area is 775 Å². The molecule has 0 spiro atoms. The van der Waals surface area contributed by atoms with Crippen molar-refractivity contribution >= 4 is 124 Å². The minimum absolute atomic E-state index is 0.0214. The topological polar surface area (TPSA) is 525 Å². The van der Waals surface area contributed by atoms with Gasteiger partial charge in [0.05, 0.1) is 25.5 Å². The molecule has 0 bridgehead atoms. The van der Waals surface area contributed by atoms with Gasteiger partial charge >= 0.3 is 5.97 Å². The first-order valence-corrected chi connectivity index (χ1v) is 45.0. The lowest BCUT2D eigenvalue weighted by atomic mass is 9.98. The molecular weight excluding hydrogens is 1770 g/mol. The van der Waals surface area contributed by atoms with E-state index in [0.29, 0.717) is 63.5 Å². The molecule has 15 amide bonds. The first-order valence-electron chi connectivity index (χ1n) is 43.9. The van der Waals surface area contributed by atoms with E-state index in [4.69, 9.17) is 19.9 Å². The van der Waals surface area contributed by atoms with Crippen molar-refractivity contribution in [1.82, 2.24) is 77.3 Å². The van der Waals surface area contributed by atoms with Crippen molar-refractivity contribution in [3.05, 3.63) is 173 Å². The Morgan fingerprint density at radius 2 is 1.14 bits per heavy atom. The van der Waals surface area contributed by atoms with Gasteiger partial charge in [-0.1, -0.05) is 125 Å². The number of primary amides is 1. The number of carbonyl (C=O) groups excluding carboxylic acids is 16. The molecule has 13 atom stereocenters. The van der Waals surface area contributed by atoms with E-state index in [1.54, 1.807) is 98.0 Å². The quantitative estimate of drug-likeness (QED) is 0.0262. The second-order valence-corrected chi connectivity index (χ2v) is 34.3. The molecule has 0 saturated carbocycles. The lowest BCUT2D eigenvalue weighted by molar-refractivity contribution is -0.158. The van der Waals surface area contributed by atoms with Gasteiger partial charge in [0, 0.05) is 109 Å². The molecule has 134 heavy (non-hydrogen) atoms. The van der Waals surface area contributed by atoms with E-state index in [2.05, 4.69) is 52.8 Å². The minimum atomic E-state index is -1.89. The molecule has 3 saturated heterocycles. The van der Waals surface area contributed by atoms with Crippen molar-refractivity contribution in [2.75, 3.05) is 85.8 Å². The number of nitrogens with zero attached hydrogens (tertiary/aromatic N) is 5. The van der Waals surface area contributed by atoms with Gasteiger partial charge in [-0.3, -0.25) is 81.5 Å². The second-order valence-electron chi connectivity index (χ2n) is 33.3. The highest BCUT2D eigenvalue weighted by molar-refractivity contribution is 8.00. The number of ether oxygens (including phenoxy) is 3. The van der Waals surface area contributed by atoms with Crippen molar-refractivity contribution in [1.29, 1.82) is 0 Å². The van der Waals surface area contributed by atoms with Crippen LogP contribution in [0.15, 0.2) is 128 Å². The third-order valence-electron chi connectivity index (χ3n) is 23.4. The summed E-state index contributed by atoms with van der Waals surface area (Å²) in [6.45, 7) is 1.79. The maximum atomic E-state index is 15.7. The lowest BCUT2D eigenvalue weighted by Gasteiger charge is -2.40. The van der Waals surface area contributed by atoms with Crippen LogP contribution in [-0.4, -0.2) is 305 Å². The van der Waals surface area contributed by atoms with Gasteiger partial charge in [-0.05, 0) is 96.2 Å². The highest BCUT2D eigenvalue weighted by Crippen LogP contribution is 2.28. The number of phenolic OH excluding ortho intramolecular Hbond substituents is 1. The number of para-hydroxylation sites is 1. The molecule has 1 aromatic heterocycles. The number of hydrogen-bond donors (Lipinski definition) is 13. The number of carboxylic acids is 1. The normalized spacial score (nSPS) is 23.5. The molecule has 38 nitrogen and oxygen atoms in total. The number of aromatic nitrogens is 1. The Hall–Kier alpha value is -13.5. The number of aromatic hydroxyl groups is 1. The molecule has 722 valence electrons. The third kappa shape index (κ3) is 29.0. The van der Waals surface area contributed by atoms with Gasteiger partial charge in [0.1, 0.15) is 90.9 Å². The number of halogens is 3. The van der Waals surface area contributed by atoms with Crippen LogP contribution in [0.2, 0.25) is 0 Å². The van der Waals surface area contributed by atoms with Crippen LogP contribution in [0.1, 0.15) is 100.0 Å². The number of rotatable bonds is 26. The molecule has 3 aliphatic rings. The fourth-order valence-corrected chi connectivity index (χ4v) is 16.8. The van der Waals surface area contributed by atoms with E-state index < -0.39 is 247 Å². The van der Waals surface area contributed by atoms with E-state index >= 15 is 51.9 Å². The monoisotopic (exact) mass is 1880 g/mol. The number of hydrogen-bond acceptors (Lipinski definition) is 22. The van der Waals surface area contributed by atoms with Gasteiger partial charge in [0.25, 0.3) is 6.47 Å². The molecule has 5 aromatic carbocycles. The van der Waals surface area contributed by atoms with Gasteiger partial charge in [-0.15, -0.1) is 11.8 Å². The number of phenols is 1. The third-order valence-corrected chi connectivity index (χ3v) is 24.4. The predicted octanol–water partition coefficient (Wildman–Crippen LogP) is 0.651. The molecule has 9 rings (SSSR count). The van der Waals surface area contributed by atoms with Crippen LogP contribution < -0.4 is 53.6 Å². The molecule has 42 heteroatoms. The number of unbranched alkanes of at least 4 members (excludes halogenated alkanes) is 1. The summed E-state index contributed by atoms with van der Waals surface area (Å²) in [5, 5.41) is 44.5. The Bertz CT molecular complexity index is 5160. The zero-order valence-corrected chi connectivity index (χ0v) is 76.1. The summed E-state index contributed by atoms with van der Waals surface area (Å²) in [5.74, 6) is -24.1. The number of nitrogens with two attached hydrogens (primary N) is 1. The van der Waals surface area contributed by atoms with E-state index in [9.17, 15) is 53.0 Å². The van der Waals surface area contributed by atoms with Crippen LogP contribution in [0, 0.1) is 23.4 Å². The van der Waals surface area contributed by atoms with Crippen LogP contribution in [0.25, 0.3) is 10.9 Å². The Kier molecular flexibility index (Phi) is 39.2. The van der Waals surface area contributed by atoms with Crippen LogP contribution in [0.5, 0.6) is 5.75 Å². The van der Waals surface area contributed by atoms with Crippen molar-refractivity contribution in [2.45, 2.75) is 183 Å². The standard InChI is InChI=1S/C92H115F3N16O22S/c1-8-9-25-71-91(129)111-35-37-132-48-74(111)87(125)104-68(47-133-51-112)84(122)106-79(52(2)3)92(130)108(5)72(42-53-19-12-10-13-20-53)86(124)101-64(31-32-77(116)117)89(127)110-34-18-26-70(110)85(123)103-66(44-57-45-97-62-24-17-16-23-59(57)62)83(121)102-65(40-55-27-29-58(113)30-28-55)82(120)100-63(33-36-131-7)81(119)105-69(80(118)98-46-75(96)114)49-134-50-76(115)99-67(41-56-38-60(93)78(95)61(94)39-56)88(126)109(6)73(90(128)107(71)4)43-54-21-14-11-15-22-54/h10-17,19-24,27-30,38-39,45,51-52,63-74,79,97,113H,8-9,18,25-26,31-37,40-44,46-50H2,1-7H3,(H2,96,114)(H,98,118)(H,99,115)(H,100,120)(H,101,124)(H,102,121)(H,103,123)(H,104,125)(H,105,119)(H,106,122)(H,116,117)/t63-,64-,65-,66-,67-,68-,69-,70+,71-,72-,73-,74+,79-/m0/s1. The minimum Gasteiger partial charge on any atom is -0.508 e. The van der Waals surface area contributed by atoms with Gasteiger partial charge < -0.3 is 107 Å². The molecule has 0 unspecified atom stereocenters. The van der Waals surface area contributed by atoms with Gasteiger partial charge in [-0.2, -0.15) is 0 Å². The largest absolute Gasteiger partial charge is 0.508 e. The maximum Gasteiger partial charge on any atom is 0.303 e. The van der Waals surface area contributed by atoms with E-state index in [0.717, 1.165) is 24.5 Å². The fourth-order valence-electron chi connectivity index (χ4n) is 16.0. The summed E-state index contributed by atoms with van der Waals surface area (Å²) in [6, 6.07) is 8.43. The summed E-state index contributed by atoms with van der Waals surface area (Å²) in [5.41, 5.74) is 7.37. The Morgan fingerprint density at radius 3 is 1.78 bits per heavy atom. The van der Waals surface area contributed by atoms with Crippen molar-refractivity contribution in [3.8, 4) is 5.75 Å². The van der Waals surface area contributed by atoms with Crippen LogP contribution >= 0.6 is 11.8 Å². The van der Waals surface area contributed by atoms with Crippen molar-refractivity contribution < 1.29 is 119 Å². The smallest absolute Gasteiger partial charge is 0.303 e.